The van der Waals surface area contributed by atoms with Crippen LogP contribution in [-0.2, 0) is 6.54 Å². The van der Waals surface area contributed by atoms with Gasteiger partial charge in [0.05, 0.1) is 6.04 Å². The molecule has 0 aliphatic heterocycles. The highest BCUT2D eigenvalue weighted by atomic mass is 32.1. The predicted molar refractivity (Wildman–Crippen MR) is 97.6 cm³/mol. The maximum atomic E-state index is 5.58. The standard InChI is InChI=1S/C19H22N2S/c1-3-14-20-19(22)21(15-17-10-6-4-7-11-17)16(2)18-12-8-5-9-13-18/h3-13,16H,1,14-15H2,2H3,(H,20,22)/t16-/m1/s1. The Morgan fingerprint density at radius 2 is 1.73 bits per heavy atom. The molecule has 114 valence electrons. The van der Waals surface area contributed by atoms with Gasteiger partial charge in [-0.15, -0.1) is 6.58 Å². The fourth-order valence-corrected chi connectivity index (χ4v) is 2.64. The third-order valence-electron chi connectivity index (χ3n) is 3.60. The molecule has 0 heterocycles. The molecule has 0 bridgehead atoms. The van der Waals surface area contributed by atoms with Crippen molar-refractivity contribution >= 4 is 17.3 Å². The lowest BCUT2D eigenvalue weighted by Crippen LogP contribution is -2.40. The minimum atomic E-state index is 0.200. The first-order chi connectivity index (χ1) is 10.7. The van der Waals surface area contributed by atoms with Crippen molar-refractivity contribution in [3.8, 4) is 0 Å². The van der Waals surface area contributed by atoms with E-state index in [2.05, 4.69) is 72.3 Å². The third kappa shape index (κ3) is 4.43. The van der Waals surface area contributed by atoms with Crippen molar-refractivity contribution in [1.29, 1.82) is 0 Å². The van der Waals surface area contributed by atoms with E-state index in [-0.39, 0.29) is 6.04 Å². The van der Waals surface area contributed by atoms with Gasteiger partial charge in [0.2, 0.25) is 0 Å². The lowest BCUT2D eigenvalue weighted by Gasteiger charge is -2.32. The van der Waals surface area contributed by atoms with Crippen molar-refractivity contribution in [2.24, 2.45) is 0 Å². The fourth-order valence-electron chi connectivity index (χ4n) is 2.34. The van der Waals surface area contributed by atoms with Crippen LogP contribution < -0.4 is 5.32 Å². The molecule has 0 aliphatic rings. The van der Waals surface area contributed by atoms with Gasteiger partial charge in [-0.1, -0.05) is 66.7 Å². The number of nitrogens with zero attached hydrogens (tertiary/aromatic N) is 1. The van der Waals surface area contributed by atoms with Crippen LogP contribution in [0.15, 0.2) is 73.3 Å². The number of hydrogen-bond acceptors (Lipinski definition) is 1. The van der Waals surface area contributed by atoms with Crippen LogP contribution in [0.1, 0.15) is 24.1 Å². The van der Waals surface area contributed by atoms with Crippen LogP contribution in [0, 0.1) is 0 Å². The molecular formula is C19H22N2S. The Morgan fingerprint density at radius 3 is 2.32 bits per heavy atom. The second-order valence-corrected chi connectivity index (χ2v) is 5.56. The van der Waals surface area contributed by atoms with Gasteiger partial charge in [-0.25, -0.2) is 0 Å². The van der Waals surface area contributed by atoms with Crippen LogP contribution >= 0.6 is 12.2 Å². The van der Waals surface area contributed by atoms with Crippen LogP contribution in [0.4, 0.5) is 0 Å². The third-order valence-corrected chi connectivity index (χ3v) is 3.98. The van der Waals surface area contributed by atoms with Gasteiger partial charge in [-0.2, -0.15) is 0 Å². The lowest BCUT2D eigenvalue weighted by atomic mass is 10.1. The van der Waals surface area contributed by atoms with Gasteiger partial charge in [0.1, 0.15) is 0 Å². The monoisotopic (exact) mass is 310 g/mol. The number of benzene rings is 2. The first-order valence-electron chi connectivity index (χ1n) is 7.46. The van der Waals surface area contributed by atoms with Gasteiger partial charge in [-0.3, -0.25) is 0 Å². The molecule has 1 N–H and O–H groups in total. The molecule has 3 heteroatoms. The summed E-state index contributed by atoms with van der Waals surface area (Å²) in [6, 6.07) is 21.0. The second kappa shape index (κ2) is 8.35. The summed E-state index contributed by atoms with van der Waals surface area (Å²) in [5.74, 6) is 0. The number of rotatable bonds is 6. The topological polar surface area (TPSA) is 15.3 Å². The number of thiocarbonyl (C=S) groups is 1. The lowest BCUT2D eigenvalue weighted by molar-refractivity contribution is 0.325. The van der Waals surface area contributed by atoms with Crippen molar-refractivity contribution in [3.05, 3.63) is 84.4 Å². The van der Waals surface area contributed by atoms with E-state index < -0.39 is 0 Å². The summed E-state index contributed by atoms with van der Waals surface area (Å²) in [6.07, 6.45) is 1.82. The van der Waals surface area contributed by atoms with Crippen molar-refractivity contribution in [3.63, 3.8) is 0 Å². The zero-order valence-electron chi connectivity index (χ0n) is 12.9. The molecule has 0 unspecified atom stereocenters. The molecule has 0 aromatic heterocycles. The van der Waals surface area contributed by atoms with Gasteiger partial charge in [0.15, 0.2) is 5.11 Å². The first kappa shape index (κ1) is 16.2. The summed E-state index contributed by atoms with van der Waals surface area (Å²) < 4.78 is 0. The van der Waals surface area contributed by atoms with E-state index in [0.29, 0.717) is 6.54 Å². The predicted octanol–water partition coefficient (Wildman–Crippen LogP) is 4.31. The molecule has 0 saturated heterocycles. The van der Waals surface area contributed by atoms with Gasteiger partial charge in [-0.05, 0) is 30.3 Å². The molecule has 2 aromatic carbocycles. The van der Waals surface area contributed by atoms with E-state index >= 15 is 0 Å². The Bertz CT molecular complexity index is 595. The van der Waals surface area contributed by atoms with Crippen molar-refractivity contribution in [1.82, 2.24) is 10.2 Å². The quantitative estimate of drug-likeness (QED) is 0.632. The van der Waals surface area contributed by atoms with E-state index in [1.807, 2.05) is 18.2 Å². The average molecular weight is 310 g/mol. The summed E-state index contributed by atoms with van der Waals surface area (Å²) in [5.41, 5.74) is 2.49. The SMILES string of the molecule is C=CCNC(=S)N(Cc1ccccc1)[C@H](C)c1ccccc1. The van der Waals surface area contributed by atoms with Gasteiger partial charge in [0, 0.05) is 13.1 Å². The van der Waals surface area contributed by atoms with E-state index in [1.165, 1.54) is 11.1 Å². The summed E-state index contributed by atoms with van der Waals surface area (Å²) in [6.45, 7) is 7.37. The molecule has 0 radical (unpaired) electrons. The van der Waals surface area contributed by atoms with Crippen LogP contribution in [0.3, 0.4) is 0 Å². The van der Waals surface area contributed by atoms with Crippen molar-refractivity contribution in [2.75, 3.05) is 6.54 Å². The molecule has 0 saturated carbocycles. The van der Waals surface area contributed by atoms with E-state index in [1.54, 1.807) is 0 Å². The highest BCUT2D eigenvalue weighted by Crippen LogP contribution is 2.22. The van der Waals surface area contributed by atoms with E-state index in [9.17, 15) is 0 Å². The first-order valence-corrected chi connectivity index (χ1v) is 7.87. The second-order valence-electron chi connectivity index (χ2n) is 5.17. The molecule has 0 amide bonds. The number of hydrogen-bond donors (Lipinski definition) is 1. The molecule has 2 aromatic rings. The Morgan fingerprint density at radius 1 is 1.14 bits per heavy atom. The maximum Gasteiger partial charge on any atom is 0.169 e. The molecule has 0 fully saturated rings. The summed E-state index contributed by atoms with van der Waals surface area (Å²) in [4.78, 5) is 2.21. The largest absolute Gasteiger partial charge is 0.359 e. The van der Waals surface area contributed by atoms with Crippen LogP contribution in [-0.4, -0.2) is 16.6 Å². The van der Waals surface area contributed by atoms with Crippen LogP contribution in [0.25, 0.3) is 0 Å². The highest BCUT2D eigenvalue weighted by molar-refractivity contribution is 7.80. The van der Waals surface area contributed by atoms with Crippen LogP contribution in [0.5, 0.6) is 0 Å². The van der Waals surface area contributed by atoms with Crippen molar-refractivity contribution in [2.45, 2.75) is 19.5 Å². The van der Waals surface area contributed by atoms with Crippen LogP contribution in [0.2, 0.25) is 0 Å². The molecule has 1 atom stereocenters. The Hall–Kier alpha value is -2.13. The maximum absolute atomic E-state index is 5.58. The Labute approximate surface area is 138 Å². The molecule has 0 spiro atoms. The minimum absolute atomic E-state index is 0.200. The molecule has 2 nitrogen and oxygen atoms in total. The summed E-state index contributed by atoms with van der Waals surface area (Å²) in [7, 11) is 0. The van der Waals surface area contributed by atoms with E-state index in [4.69, 9.17) is 12.2 Å². The molecule has 2 rings (SSSR count). The van der Waals surface area contributed by atoms with Gasteiger partial charge < -0.3 is 10.2 Å². The smallest absolute Gasteiger partial charge is 0.169 e. The minimum Gasteiger partial charge on any atom is -0.359 e. The van der Waals surface area contributed by atoms with Gasteiger partial charge >= 0.3 is 0 Å². The fraction of sp³-hybridized carbons (Fsp3) is 0.211. The van der Waals surface area contributed by atoms with Crippen molar-refractivity contribution < 1.29 is 0 Å². The Kier molecular flexibility index (Phi) is 6.16. The molecule has 22 heavy (non-hydrogen) atoms. The normalized spacial score (nSPS) is 11.5. The summed E-state index contributed by atoms with van der Waals surface area (Å²) in [5, 5.41) is 3.99. The summed E-state index contributed by atoms with van der Waals surface area (Å²) >= 11 is 5.58. The Balaban J connectivity index is 2.20. The van der Waals surface area contributed by atoms with E-state index in [0.717, 1.165) is 11.7 Å². The average Bonchev–Trinajstić information content (AvgIpc) is 2.58. The van der Waals surface area contributed by atoms with Gasteiger partial charge in [0.25, 0.3) is 0 Å². The zero-order chi connectivity index (χ0) is 15.8. The zero-order valence-corrected chi connectivity index (χ0v) is 13.7. The highest BCUT2D eigenvalue weighted by Gasteiger charge is 2.18. The number of nitrogens with one attached hydrogen (secondary N) is 1. The molecular weight excluding hydrogens is 288 g/mol. The molecule has 0 aliphatic carbocycles.